The molecule has 238 valence electrons. The Morgan fingerprint density at radius 2 is 1.93 bits per heavy atom. The van der Waals surface area contributed by atoms with Crippen LogP contribution in [0, 0.1) is 47.6 Å². The number of amides is 1. The zero-order chi connectivity index (χ0) is 31.6. The first-order chi connectivity index (χ1) is 21.8. The fourth-order valence-electron chi connectivity index (χ4n) is 8.26. The van der Waals surface area contributed by atoms with Crippen molar-refractivity contribution >= 4 is 11.8 Å². The number of imidazole rings is 1. The number of likely N-dealkylation sites (tertiary alicyclic amines) is 1. The number of alkyl carbamates (subject to hydrolysis) is 1. The Kier molecular flexibility index (Phi) is 9.09. The molecule has 2 saturated heterocycles. The number of aromatic nitrogens is 2. The highest BCUT2D eigenvalue weighted by molar-refractivity contribution is 5.67. The Bertz CT molecular complexity index is 1540. The molecule has 3 atom stereocenters. The zero-order valence-corrected chi connectivity index (χ0v) is 26.1. The molecule has 6 rings (SSSR count). The third kappa shape index (κ3) is 6.28. The minimum atomic E-state index is -0.474. The molecule has 1 saturated carbocycles. The number of hydrogen-bond donors (Lipinski definition) is 1. The molecular formula is C35H42F2N6O2. The van der Waals surface area contributed by atoms with Gasteiger partial charge in [0.1, 0.15) is 29.6 Å². The van der Waals surface area contributed by atoms with Crippen LogP contribution in [0.15, 0.2) is 54.9 Å². The van der Waals surface area contributed by atoms with E-state index in [2.05, 4.69) is 30.7 Å². The molecule has 3 aromatic rings. The second-order valence-electron chi connectivity index (χ2n) is 13.0. The molecule has 3 heterocycles. The molecule has 8 nitrogen and oxygen atoms in total. The maximum absolute atomic E-state index is 15.0. The number of nitriles is 1. The van der Waals surface area contributed by atoms with Crippen LogP contribution in [0.1, 0.15) is 49.1 Å². The van der Waals surface area contributed by atoms with Gasteiger partial charge in [-0.1, -0.05) is 12.1 Å². The van der Waals surface area contributed by atoms with Gasteiger partial charge >= 0.3 is 6.09 Å². The summed E-state index contributed by atoms with van der Waals surface area (Å²) in [5.74, 6) is 0.945. The highest BCUT2D eigenvalue weighted by Gasteiger charge is 2.53. The lowest BCUT2D eigenvalue weighted by molar-refractivity contribution is 0.00168. The van der Waals surface area contributed by atoms with E-state index >= 15 is 0 Å². The summed E-state index contributed by atoms with van der Waals surface area (Å²) in [5, 5.41) is 11.7. The second kappa shape index (κ2) is 13.2. The first kappa shape index (κ1) is 31.0. The molecule has 2 aliphatic heterocycles. The molecule has 3 aliphatic rings. The van der Waals surface area contributed by atoms with E-state index in [4.69, 9.17) is 10.00 Å². The van der Waals surface area contributed by atoms with E-state index in [1.807, 2.05) is 31.5 Å². The predicted octanol–water partition coefficient (Wildman–Crippen LogP) is 5.65. The third-order valence-corrected chi connectivity index (χ3v) is 10.5. The van der Waals surface area contributed by atoms with Gasteiger partial charge in [0, 0.05) is 68.6 Å². The van der Waals surface area contributed by atoms with Crippen LogP contribution < -0.4 is 10.2 Å². The molecule has 3 fully saturated rings. The number of aryl methyl sites for hydroxylation is 1. The molecular weight excluding hydrogens is 574 g/mol. The van der Waals surface area contributed by atoms with Crippen LogP contribution in [0.2, 0.25) is 0 Å². The van der Waals surface area contributed by atoms with Gasteiger partial charge in [-0.3, -0.25) is 0 Å². The number of nitrogens with zero attached hydrogens (tertiary/aromatic N) is 5. The molecule has 1 aromatic heterocycles. The van der Waals surface area contributed by atoms with E-state index < -0.39 is 17.3 Å². The number of carbonyl (C=O) groups is 1. The van der Waals surface area contributed by atoms with Crippen molar-refractivity contribution in [2.45, 2.75) is 57.1 Å². The molecule has 0 radical (unpaired) electrons. The molecule has 10 heteroatoms. The SMILES string of the molecule is CNC(=O)O[C@H]1CCC[C@@H]1[C@](Cn1ccnc1C)(c1cccc(F)c1)C1CCN(CC2CN(c3ccc(C#N)c(F)c3)C2)CC1. The van der Waals surface area contributed by atoms with Gasteiger partial charge in [0.25, 0.3) is 0 Å². The number of rotatable bonds is 9. The first-order valence-electron chi connectivity index (χ1n) is 16.1. The molecule has 2 aromatic carbocycles. The van der Waals surface area contributed by atoms with E-state index in [0.717, 1.165) is 81.9 Å². The highest BCUT2D eigenvalue weighted by Crippen LogP contribution is 2.52. The van der Waals surface area contributed by atoms with Crippen LogP contribution in [0.5, 0.6) is 0 Å². The van der Waals surface area contributed by atoms with E-state index in [1.165, 1.54) is 12.1 Å². The van der Waals surface area contributed by atoms with Gasteiger partial charge < -0.3 is 24.4 Å². The Morgan fingerprint density at radius 1 is 1.13 bits per heavy atom. The fourth-order valence-corrected chi connectivity index (χ4v) is 8.26. The standard InChI is InChI=1S/C35H42F2N6O2/c1-24-40-13-16-42(24)23-35(28-5-3-6-29(36)17-28,31-7-4-8-33(31)45-34(44)39-2)27-11-14-41(15-12-27)20-25-21-43(22-25)30-10-9-26(19-38)32(37)18-30/h3,5-6,9-10,13,16-18,25,27,31,33H,4,7-8,11-12,14-15,20-23H2,1-2H3,(H,39,44)/t31-,33-,35-/m0/s1. The van der Waals surface area contributed by atoms with Gasteiger partial charge in [0.05, 0.1) is 5.56 Å². The molecule has 1 aliphatic carbocycles. The molecule has 1 N–H and O–H groups in total. The number of carbonyl (C=O) groups excluding carboxylic acids is 1. The van der Waals surface area contributed by atoms with Crippen LogP contribution in [0.4, 0.5) is 19.3 Å². The number of hydrogen-bond acceptors (Lipinski definition) is 6. The summed E-state index contributed by atoms with van der Waals surface area (Å²) in [6.07, 6.45) is 7.68. The topological polar surface area (TPSA) is 86.4 Å². The van der Waals surface area contributed by atoms with Gasteiger partial charge in [0.2, 0.25) is 0 Å². The van der Waals surface area contributed by atoms with Crippen molar-refractivity contribution in [3.05, 3.63) is 83.4 Å². The van der Waals surface area contributed by atoms with E-state index in [9.17, 15) is 13.6 Å². The molecule has 1 amide bonds. The first-order valence-corrected chi connectivity index (χ1v) is 16.1. The number of anilines is 1. The molecule has 0 bridgehead atoms. The van der Waals surface area contributed by atoms with Crippen LogP contribution in [0.3, 0.4) is 0 Å². The maximum Gasteiger partial charge on any atom is 0.407 e. The summed E-state index contributed by atoms with van der Waals surface area (Å²) in [4.78, 5) is 21.7. The minimum Gasteiger partial charge on any atom is -0.446 e. The minimum absolute atomic E-state index is 0.0305. The number of nitrogens with one attached hydrogen (secondary N) is 1. The maximum atomic E-state index is 15.0. The summed E-state index contributed by atoms with van der Waals surface area (Å²) in [6, 6.07) is 13.8. The van der Waals surface area contributed by atoms with Gasteiger partial charge in [-0.05, 0) is 93.9 Å². The molecule has 0 unspecified atom stereocenters. The van der Waals surface area contributed by atoms with Gasteiger partial charge in [-0.15, -0.1) is 0 Å². The summed E-state index contributed by atoms with van der Waals surface area (Å²) in [7, 11) is 1.58. The van der Waals surface area contributed by atoms with Crippen LogP contribution in [0.25, 0.3) is 0 Å². The second-order valence-corrected chi connectivity index (χ2v) is 13.0. The predicted molar refractivity (Wildman–Crippen MR) is 168 cm³/mol. The number of ether oxygens (including phenoxy) is 1. The van der Waals surface area contributed by atoms with E-state index in [1.54, 1.807) is 25.2 Å². The van der Waals surface area contributed by atoms with Crippen molar-refractivity contribution < 1.29 is 18.3 Å². The van der Waals surface area contributed by atoms with Gasteiger partial charge in [-0.2, -0.15) is 5.26 Å². The lowest BCUT2D eigenvalue weighted by Gasteiger charge is -2.51. The lowest BCUT2D eigenvalue weighted by Crippen LogP contribution is -2.55. The average Bonchev–Trinajstić information content (AvgIpc) is 3.66. The number of piperidine rings is 1. The van der Waals surface area contributed by atoms with Crippen molar-refractivity contribution in [1.82, 2.24) is 19.8 Å². The van der Waals surface area contributed by atoms with E-state index in [-0.39, 0.29) is 29.3 Å². The number of halogens is 2. The quantitative estimate of drug-likeness (QED) is 0.334. The van der Waals surface area contributed by atoms with E-state index in [0.29, 0.717) is 12.5 Å². The smallest absolute Gasteiger partial charge is 0.407 e. The van der Waals surface area contributed by atoms with Crippen LogP contribution >= 0.6 is 0 Å². The lowest BCUT2D eigenvalue weighted by atomic mass is 9.58. The normalized spacial score (nSPS) is 22.4. The summed E-state index contributed by atoms with van der Waals surface area (Å²) >= 11 is 0. The van der Waals surface area contributed by atoms with Crippen molar-refractivity contribution in [2.75, 3.05) is 44.7 Å². The Balaban J connectivity index is 1.22. The Hall–Kier alpha value is -3.97. The fraction of sp³-hybridized carbons (Fsp3) is 0.514. The van der Waals surface area contributed by atoms with Crippen molar-refractivity contribution in [1.29, 1.82) is 5.26 Å². The number of benzene rings is 2. The Morgan fingerprint density at radius 3 is 2.60 bits per heavy atom. The molecule has 0 spiro atoms. The van der Waals surface area contributed by atoms with Crippen LogP contribution in [-0.2, 0) is 16.7 Å². The summed E-state index contributed by atoms with van der Waals surface area (Å²) < 4.78 is 37.3. The van der Waals surface area contributed by atoms with Crippen molar-refractivity contribution in [3.8, 4) is 6.07 Å². The summed E-state index contributed by atoms with van der Waals surface area (Å²) in [5.41, 5.74) is 1.40. The Labute approximate surface area is 264 Å². The van der Waals surface area contributed by atoms with Crippen LogP contribution in [-0.4, -0.2) is 66.4 Å². The van der Waals surface area contributed by atoms with Gasteiger partial charge in [-0.25, -0.2) is 18.6 Å². The summed E-state index contributed by atoms with van der Waals surface area (Å²) in [6.45, 7) is 7.20. The van der Waals surface area contributed by atoms with Crippen molar-refractivity contribution in [3.63, 3.8) is 0 Å². The third-order valence-electron chi connectivity index (χ3n) is 10.5. The molecule has 45 heavy (non-hydrogen) atoms. The van der Waals surface area contributed by atoms with Crippen molar-refractivity contribution in [2.24, 2.45) is 17.8 Å². The largest absolute Gasteiger partial charge is 0.446 e. The zero-order valence-electron chi connectivity index (χ0n) is 26.1. The van der Waals surface area contributed by atoms with Gasteiger partial charge in [0.15, 0.2) is 0 Å². The average molecular weight is 617 g/mol. The monoisotopic (exact) mass is 616 g/mol. The highest BCUT2D eigenvalue weighted by atomic mass is 19.1.